The van der Waals surface area contributed by atoms with Gasteiger partial charge in [0.2, 0.25) is 5.95 Å². The minimum Gasteiger partial charge on any atom is -0.368 e. The van der Waals surface area contributed by atoms with Gasteiger partial charge in [-0.05, 0) is 50.3 Å². The molecule has 1 aliphatic carbocycles. The number of hydrogen-bond acceptors (Lipinski definition) is 5. The highest BCUT2D eigenvalue weighted by atomic mass is 19.4. The van der Waals surface area contributed by atoms with Crippen molar-refractivity contribution >= 4 is 17.5 Å². The van der Waals surface area contributed by atoms with Crippen LogP contribution in [0.4, 0.5) is 30.6 Å². The number of rotatable bonds is 6. The molecule has 138 valence electrons. The van der Waals surface area contributed by atoms with Crippen LogP contribution < -0.4 is 10.6 Å². The normalized spacial score (nSPS) is 14.7. The van der Waals surface area contributed by atoms with Crippen LogP contribution in [0, 0.1) is 0 Å². The second-order valence-electron chi connectivity index (χ2n) is 6.15. The lowest BCUT2D eigenvalue weighted by atomic mass is 9.97. The lowest BCUT2D eigenvalue weighted by molar-refractivity contribution is -0.137. The molecule has 0 unspecified atom stereocenters. The minimum atomic E-state index is -4.39. The summed E-state index contributed by atoms with van der Waals surface area (Å²) >= 11 is 0. The van der Waals surface area contributed by atoms with Gasteiger partial charge < -0.3 is 10.6 Å². The highest BCUT2D eigenvalue weighted by Crippen LogP contribution is 2.31. The van der Waals surface area contributed by atoms with Crippen molar-refractivity contribution in [3.8, 4) is 0 Å². The van der Waals surface area contributed by atoms with Crippen molar-refractivity contribution in [3.05, 3.63) is 47.7 Å². The number of alkyl halides is 3. The maximum absolute atomic E-state index is 12.8. The van der Waals surface area contributed by atoms with Crippen LogP contribution in [0.5, 0.6) is 0 Å². The molecular weight excluding hydrogens is 343 g/mol. The summed E-state index contributed by atoms with van der Waals surface area (Å²) in [7, 11) is 0. The van der Waals surface area contributed by atoms with Gasteiger partial charge in [0.1, 0.15) is 0 Å². The van der Waals surface area contributed by atoms with E-state index in [0.717, 1.165) is 37.9 Å². The summed E-state index contributed by atoms with van der Waals surface area (Å²) in [5.74, 6) is 0.678. The summed E-state index contributed by atoms with van der Waals surface area (Å²) in [6, 6.07) is 4.88. The van der Waals surface area contributed by atoms with Crippen molar-refractivity contribution in [1.82, 2.24) is 15.2 Å². The Balaban J connectivity index is 1.59. The summed E-state index contributed by atoms with van der Waals surface area (Å²) in [5.41, 5.74) is 0.977. The third-order valence-corrected chi connectivity index (χ3v) is 4.14. The maximum Gasteiger partial charge on any atom is 0.416 e. The molecule has 0 radical (unpaired) electrons. The molecule has 0 saturated heterocycles. The second kappa shape index (κ2) is 8.16. The van der Waals surface area contributed by atoms with E-state index in [1.165, 1.54) is 36.7 Å². The van der Waals surface area contributed by atoms with Crippen LogP contribution >= 0.6 is 0 Å². The quantitative estimate of drug-likeness (QED) is 0.712. The molecule has 26 heavy (non-hydrogen) atoms. The van der Waals surface area contributed by atoms with Crippen LogP contribution in [0.25, 0.3) is 0 Å². The van der Waals surface area contributed by atoms with Crippen LogP contribution in [0.2, 0.25) is 0 Å². The van der Waals surface area contributed by atoms with Crippen molar-refractivity contribution in [1.29, 1.82) is 0 Å². The van der Waals surface area contributed by atoms with E-state index in [0.29, 0.717) is 5.82 Å². The summed E-state index contributed by atoms with van der Waals surface area (Å²) in [4.78, 5) is 4.25. The van der Waals surface area contributed by atoms with Crippen LogP contribution in [-0.4, -0.2) is 21.7 Å². The first-order chi connectivity index (χ1) is 12.5. The molecular formula is C18H20F3N5. The van der Waals surface area contributed by atoms with Crippen molar-refractivity contribution in [2.75, 3.05) is 17.2 Å². The lowest BCUT2D eigenvalue weighted by Crippen LogP contribution is -2.09. The Morgan fingerprint density at radius 3 is 2.81 bits per heavy atom. The molecule has 0 fully saturated rings. The number of anilines is 3. The van der Waals surface area contributed by atoms with Crippen LogP contribution in [0.15, 0.2) is 42.1 Å². The van der Waals surface area contributed by atoms with Gasteiger partial charge in [0.15, 0.2) is 5.82 Å². The number of benzene rings is 1. The molecule has 5 nitrogen and oxygen atoms in total. The van der Waals surface area contributed by atoms with E-state index in [-0.39, 0.29) is 11.6 Å². The molecule has 0 saturated carbocycles. The monoisotopic (exact) mass is 363 g/mol. The van der Waals surface area contributed by atoms with Gasteiger partial charge in [0.05, 0.1) is 11.8 Å². The fraction of sp³-hybridized carbons (Fsp3) is 0.389. The van der Waals surface area contributed by atoms with Gasteiger partial charge in [-0.3, -0.25) is 0 Å². The number of nitrogens with zero attached hydrogens (tertiary/aromatic N) is 3. The second-order valence-corrected chi connectivity index (χ2v) is 6.15. The standard InChI is InChI=1S/C18H20F3N5/c19-18(20,21)14-7-4-8-15(11-14)24-17-25-16(12-23-26-17)22-10-9-13-5-2-1-3-6-13/h4-5,7-8,11-12H,1-3,6,9-10H2,(H2,22,24,25,26). The number of allylic oxidation sites excluding steroid dienone is 1. The maximum atomic E-state index is 12.8. The average molecular weight is 363 g/mol. The largest absolute Gasteiger partial charge is 0.416 e. The van der Waals surface area contributed by atoms with Gasteiger partial charge in [-0.15, -0.1) is 5.10 Å². The van der Waals surface area contributed by atoms with E-state index < -0.39 is 11.7 Å². The van der Waals surface area contributed by atoms with Gasteiger partial charge in [0, 0.05) is 12.2 Å². The molecule has 1 heterocycles. The zero-order chi connectivity index (χ0) is 18.4. The summed E-state index contributed by atoms with van der Waals surface area (Å²) < 4.78 is 38.3. The van der Waals surface area contributed by atoms with Crippen LogP contribution in [0.1, 0.15) is 37.7 Å². The molecule has 1 aromatic heterocycles. The first-order valence-corrected chi connectivity index (χ1v) is 8.56. The molecule has 2 aromatic rings. The number of aromatic nitrogens is 3. The number of halogens is 3. The molecule has 2 N–H and O–H groups in total. The Hall–Kier alpha value is -2.64. The minimum absolute atomic E-state index is 0.145. The molecule has 3 rings (SSSR count). The topological polar surface area (TPSA) is 62.7 Å². The molecule has 8 heteroatoms. The van der Waals surface area contributed by atoms with E-state index in [4.69, 9.17) is 0 Å². The number of nitrogens with one attached hydrogen (secondary N) is 2. The zero-order valence-corrected chi connectivity index (χ0v) is 14.2. The van der Waals surface area contributed by atoms with Gasteiger partial charge >= 0.3 is 6.18 Å². The summed E-state index contributed by atoms with van der Waals surface area (Å²) in [5, 5.41) is 13.6. The predicted molar refractivity (Wildman–Crippen MR) is 94.2 cm³/mol. The van der Waals surface area contributed by atoms with Crippen LogP contribution in [-0.2, 0) is 6.18 Å². The molecule has 0 amide bonds. The van der Waals surface area contributed by atoms with E-state index in [1.54, 1.807) is 0 Å². The average Bonchev–Trinajstić information content (AvgIpc) is 2.63. The lowest BCUT2D eigenvalue weighted by Gasteiger charge is -2.13. The van der Waals surface area contributed by atoms with Crippen molar-refractivity contribution in [3.63, 3.8) is 0 Å². The third kappa shape index (κ3) is 5.18. The van der Waals surface area contributed by atoms with Crippen molar-refractivity contribution in [2.24, 2.45) is 0 Å². The van der Waals surface area contributed by atoms with E-state index in [2.05, 4.69) is 31.9 Å². The Morgan fingerprint density at radius 1 is 1.15 bits per heavy atom. The molecule has 0 atom stereocenters. The summed E-state index contributed by atoms with van der Waals surface area (Å²) in [6.07, 6.45) is 5.13. The van der Waals surface area contributed by atoms with Gasteiger partial charge in [-0.25, -0.2) is 0 Å². The first-order valence-electron chi connectivity index (χ1n) is 8.56. The molecule has 0 spiro atoms. The Kier molecular flexibility index (Phi) is 5.70. The Morgan fingerprint density at radius 2 is 2.04 bits per heavy atom. The highest BCUT2D eigenvalue weighted by molar-refractivity contribution is 5.55. The summed E-state index contributed by atoms with van der Waals surface area (Å²) in [6.45, 7) is 0.730. The smallest absolute Gasteiger partial charge is 0.368 e. The van der Waals surface area contributed by atoms with E-state index in [9.17, 15) is 13.2 Å². The Labute approximate surface area is 149 Å². The Bertz CT molecular complexity index is 773. The fourth-order valence-corrected chi connectivity index (χ4v) is 2.83. The van der Waals surface area contributed by atoms with E-state index >= 15 is 0 Å². The van der Waals surface area contributed by atoms with Gasteiger partial charge in [-0.1, -0.05) is 17.7 Å². The zero-order valence-electron chi connectivity index (χ0n) is 14.2. The SMILES string of the molecule is FC(F)(F)c1cccc(Nc2nncc(NCCC3=CCCCC3)n2)c1. The number of hydrogen-bond donors (Lipinski definition) is 2. The van der Waals surface area contributed by atoms with Crippen molar-refractivity contribution in [2.45, 2.75) is 38.3 Å². The van der Waals surface area contributed by atoms with E-state index in [1.807, 2.05) is 0 Å². The van der Waals surface area contributed by atoms with Crippen molar-refractivity contribution < 1.29 is 13.2 Å². The fourth-order valence-electron chi connectivity index (χ4n) is 2.83. The third-order valence-electron chi connectivity index (χ3n) is 4.14. The van der Waals surface area contributed by atoms with Gasteiger partial charge in [-0.2, -0.15) is 23.3 Å². The first kappa shape index (κ1) is 18.2. The van der Waals surface area contributed by atoms with Crippen LogP contribution in [0.3, 0.4) is 0 Å². The molecule has 1 aromatic carbocycles. The highest BCUT2D eigenvalue weighted by Gasteiger charge is 2.30. The van der Waals surface area contributed by atoms with Gasteiger partial charge in [0.25, 0.3) is 0 Å². The molecule has 0 aliphatic heterocycles. The predicted octanol–water partition coefficient (Wildman–Crippen LogP) is 4.94. The molecule has 0 bridgehead atoms. The molecule has 1 aliphatic rings.